The molecule has 8 heavy (non-hydrogen) atoms. The van der Waals surface area contributed by atoms with Gasteiger partial charge in [-0.25, -0.2) is 0 Å². The highest BCUT2D eigenvalue weighted by Crippen LogP contribution is 1.87. The quantitative estimate of drug-likeness (QED) is 0.343. The normalized spacial score (nSPS) is 8.12. The van der Waals surface area contributed by atoms with E-state index in [1.54, 1.807) is 0 Å². The Bertz CT molecular complexity index is 94.0. The summed E-state index contributed by atoms with van der Waals surface area (Å²) in [4.78, 5) is 9.96. The molecule has 0 bridgehead atoms. The van der Waals surface area contributed by atoms with Crippen molar-refractivity contribution in [2.75, 3.05) is 6.61 Å². The van der Waals surface area contributed by atoms with E-state index < -0.39 is 5.24 Å². The molecule has 0 amide bonds. The highest BCUT2D eigenvalue weighted by molar-refractivity contribution is 7.78. The topological polar surface area (TPSA) is 26.3 Å². The van der Waals surface area contributed by atoms with E-state index in [1.165, 1.54) is 0 Å². The van der Waals surface area contributed by atoms with Gasteiger partial charge in [0.05, 0.1) is 13.0 Å². The second-order valence-corrected chi connectivity index (χ2v) is 1.69. The molecule has 0 rings (SSSR count). The van der Waals surface area contributed by atoms with Gasteiger partial charge in [0.2, 0.25) is 5.24 Å². The van der Waals surface area contributed by atoms with E-state index in [9.17, 15) is 4.79 Å². The Hall–Kier alpha value is -0.150. The summed E-state index contributed by atoms with van der Waals surface area (Å²) in [5, 5.41) is -0.401. The number of carbonyl (C=O) groups is 1. The smallest absolute Gasteiger partial charge is 0.225 e. The zero-order valence-electron chi connectivity index (χ0n) is 4.09. The van der Waals surface area contributed by atoms with E-state index >= 15 is 0 Å². The van der Waals surface area contributed by atoms with Crippen molar-refractivity contribution in [3.8, 4) is 0 Å². The number of halogens is 1. The SMILES string of the molecule is O=C(Cl)CCOC=S. The zero-order valence-corrected chi connectivity index (χ0v) is 5.67. The Morgan fingerprint density at radius 2 is 2.50 bits per heavy atom. The predicted molar refractivity (Wildman–Crippen MR) is 35.1 cm³/mol. The van der Waals surface area contributed by atoms with Crippen molar-refractivity contribution in [3.05, 3.63) is 0 Å². The van der Waals surface area contributed by atoms with Crippen LogP contribution in [0.25, 0.3) is 0 Å². The van der Waals surface area contributed by atoms with Crippen LogP contribution in [0.4, 0.5) is 0 Å². The molecule has 0 saturated heterocycles. The van der Waals surface area contributed by atoms with Gasteiger partial charge in [0.15, 0.2) is 0 Å². The van der Waals surface area contributed by atoms with Gasteiger partial charge in [0.25, 0.3) is 0 Å². The molecule has 0 unspecified atom stereocenters. The predicted octanol–water partition coefficient (Wildman–Crippen LogP) is 1.12. The zero-order chi connectivity index (χ0) is 6.41. The first kappa shape index (κ1) is 7.85. The fourth-order valence-electron chi connectivity index (χ4n) is 0.187. The maximum absolute atomic E-state index is 9.96. The summed E-state index contributed by atoms with van der Waals surface area (Å²) >= 11 is 9.25. The first-order chi connectivity index (χ1) is 3.77. The number of hydrogen-bond acceptors (Lipinski definition) is 3. The summed E-state index contributed by atoms with van der Waals surface area (Å²) in [5.41, 5.74) is 1.11. The Morgan fingerprint density at radius 3 is 2.88 bits per heavy atom. The number of hydrogen-bond donors (Lipinski definition) is 0. The Kier molecular flexibility index (Phi) is 4.90. The van der Waals surface area contributed by atoms with Gasteiger partial charge >= 0.3 is 0 Å². The van der Waals surface area contributed by atoms with Crippen molar-refractivity contribution < 1.29 is 9.53 Å². The highest BCUT2D eigenvalue weighted by Gasteiger charge is 1.92. The van der Waals surface area contributed by atoms with Crippen LogP contribution < -0.4 is 0 Å². The first-order valence-electron chi connectivity index (χ1n) is 2.01. The van der Waals surface area contributed by atoms with Gasteiger partial charge in [-0.1, -0.05) is 0 Å². The lowest BCUT2D eigenvalue weighted by atomic mass is 10.5. The van der Waals surface area contributed by atoms with Gasteiger partial charge in [0.1, 0.15) is 5.55 Å². The summed E-state index contributed by atoms with van der Waals surface area (Å²) in [5.74, 6) is 0. The van der Waals surface area contributed by atoms with Crippen LogP contribution in [0, 0.1) is 0 Å². The van der Waals surface area contributed by atoms with Gasteiger partial charge < -0.3 is 4.74 Å². The minimum absolute atomic E-state index is 0.217. The summed E-state index contributed by atoms with van der Waals surface area (Å²) in [7, 11) is 0. The lowest BCUT2D eigenvalue weighted by Gasteiger charge is -1.91. The number of rotatable bonds is 4. The molecule has 0 fully saturated rings. The summed E-state index contributed by atoms with van der Waals surface area (Å²) < 4.78 is 4.53. The molecule has 0 aromatic carbocycles. The molecular formula is C4H5ClO2S. The van der Waals surface area contributed by atoms with Crippen LogP contribution in [0.3, 0.4) is 0 Å². The molecular weight excluding hydrogens is 148 g/mol. The maximum atomic E-state index is 9.96. The van der Waals surface area contributed by atoms with Gasteiger partial charge in [-0.2, -0.15) is 0 Å². The van der Waals surface area contributed by atoms with E-state index in [4.69, 9.17) is 11.6 Å². The van der Waals surface area contributed by atoms with E-state index in [1.807, 2.05) is 0 Å². The van der Waals surface area contributed by atoms with Gasteiger partial charge in [-0.05, 0) is 23.8 Å². The second kappa shape index (κ2) is 5.00. The second-order valence-electron chi connectivity index (χ2n) is 1.07. The molecule has 0 aliphatic rings. The lowest BCUT2D eigenvalue weighted by molar-refractivity contribution is -0.112. The van der Waals surface area contributed by atoms with E-state index in [0.29, 0.717) is 0 Å². The van der Waals surface area contributed by atoms with Crippen LogP contribution in [0.15, 0.2) is 0 Å². The Labute approximate surface area is 57.8 Å². The number of ether oxygens (including phenoxy) is 1. The van der Waals surface area contributed by atoms with Gasteiger partial charge in [-0.15, -0.1) is 0 Å². The first-order valence-corrected chi connectivity index (χ1v) is 2.86. The molecule has 0 aliphatic heterocycles. The van der Waals surface area contributed by atoms with Crippen LogP contribution >= 0.6 is 23.8 Å². The fraction of sp³-hybridized carbons (Fsp3) is 0.500. The average Bonchev–Trinajstić information content (AvgIpc) is 1.66. The van der Waals surface area contributed by atoms with Crippen molar-refractivity contribution >= 4 is 34.6 Å². The van der Waals surface area contributed by atoms with Crippen molar-refractivity contribution in [2.45, 2.75) is 6.42 Å². The van der Waals surface area contributed by atoms with Crippen LogP contribution in [0.5, 0.6) is 0 Å². The molecule has 0 aromatic heterocycles. The fourth-order valence-corrected chi connectivity index (χ4v) is 0.361. The molecule has 0 aromatic rings. The van der Waals surface area contributed by atoms with E-state index in [0.717, 1.165) is 5.55 Å². The van der Waals surface area contributed by atoms with Crippen LogP contribution in [-0.2, 0) is 9.53 Å². The third-order valence-corrected chi connectivity index (χ3v) is 0.810. The molecule has 0 atom stereocenters. The minimum atomic E-state index is -0.401. The molecule has 0 saturated carbocycles. The van der Waals surface area contributed by atoms with Crippen molar-refractivity contribution in [1.29, 1.82) is 0 Å². The maximum Gasteiger partial charge on any atom is 0.225 e. The minimum Gasteiger partial charge on any atom is -0.489 e. The van der Waals surface area contributed by atoms with Gasteiger partial charge in [-0.3, -0.25) is 4.79 Å². The van der Waals surface area contributed by atoms with Crippen molar-refractivity contribution in [3.63, 3.8) is 0 Å². The molecule has 46 valence electrons. The number of carbonyl (C=O) groups excluding carboxylic acids is 1. The van der Waals surface area contributed by atoms with Crippen molar-refractivity contribution in [2.24, 2.45) is 0 Å². The molecule has 0 radical (unpaired) electrons. The van der Waals surface area contributed by atoms with Crippen LogP contribution in [0.2, 0.25) is 0 Å². The molecule has 2 nitrogen and oxygen atoms in total. The van der Waals surface area contributed by atoms with Crippen LogP contribution in [-0.4, -0.2) is 17.4 Å². The molecule has 4 heteroatoms. The van der Waals surface area contributed by atoms with E-state index in [2.05, 4.69) is 17.0 Å². The molecule has 0 aliphatic carbocycles. The Balaban J connectivity index is 2.93. The molecule has 0 heterocycles. The monoisotopic (exact) mass is 152 g/mol. The Morgan fingerprint density at radius 1 is 1.88 bits per heavy atom. The summed E-state index contributed by atoms with van der Waals surface area (Å²) in [6.07, 6.45) is 0.217. The van der Waals surface area contributed by atoms with Crippen LogP contribution in [0.1, 0.15) is 6.42 Å². The molecule has 0 N–H and O–H groups in total. The lowest BCUT2D eigenvalue weighted by Crippen LogP contribution is -1.95. The standard InChI is InChI=1S/C4H5ClO2S/c5-4(6)1-2-7-3-8/h3H,1-2H2. The third kappa shape index (κ3) is 5.85. The summed E-state index contributed by atoms with van der Waals surface area (Å²) in [6.45, 7) is 0.284. The largest absolute Gasteiger partial charge is 0.489 e. The molecule has 0 spiro atoms. The highest BCUT2D eigenvalue weighted by atomic mass is 35.5. The van der Waals surface area contributed by atoms with Gasteiger partial charge in [0, 0.05) is 0 Å². The number of thiocarbonyl (C=S) groups is 1. The average molecular weight is 153 g/mol. The summed E-state index contributed by atoms with van der Waals surface area (Å²) in [6, 6.07) is 0. The van der Waals surface area contributed by atoms with E-state index in [-0.39, 0.29) is 13.0 Å². The van der Waals surface area contributed by atoms with Crippen molar-refractivity contribution in [1.82, 2.24) is 0 Å². The third-order valence-electron chi connectivity index (χ3n) is 0.485.